The number of hydrogen-bond acceptors (Lipinski definition) is 8. The van der Waals surface area contributed by atoms with Crippen molar-refractivity contribution in [3.8, 4) is 22.9 Å². The van der Waals surface area contributed by atoms with Crippen LogP contribution in [-0.2, 0) is 11.3 Å². The number of fused-ring (bicyclic) bond motifs is 3. The molecule has 0 saturated heterocycles. The highest BCUT2D eigenvalue weighted by atomic mass is 16.5. The molecule has 0 aliphatic carbocycles. The van der Waals surface area contributed by atoms with E-state index >= 15 is 0 Å². The minimum Gasteiger partial charge on any atom is -0.493 e. The molecule has 12 nitrogen and oxygen atoms in total. The third-order valence-electron chi connectivity index (χ3n) is 7.15. The first-order chi connectivity index (χ1) is 21.3. The van der Waals surface area contributed by atoms with E-state index in [4.69, 9.17) is 19.6 Å². The Bertz CT molecular complexity index is 1610. The largest absolute Gasteiger partial charge is 0.493 e. The lowest BCUT2D eigenvalue weighted by atomic mass is 10.0. The lowest BCUT2D eigenvalue weighted by Gasteiger charge is -2.26. The number of methoxy groups -OCH3 is 1. The number of rotatable bonds is 4. The van der Waals surface area contributed by atoms with E-state index in [0.29, 0.717) is 35.3 Å². The molecule has 3 amide bonds. The SMILES string of the molecule is COc1ccc2cc1OCCn1nc(-c3ccccc3)nc1[C@@H](C(C)C)NC(=O)CN(C(=O)c1ccccn1)CCNC2=O. The highest BCUT2D eigenvalue weighted by Gasteiger charge is 2.28. The maximum Gasteiger partial charge on any atom is 0.272 e. The van der Waals surface area contributed by atoms with Gasteiger partial charge in [-0.2, -0.15) is 5.10 Å². The number of ether oxygens (including phenoxy) is 2. The average molecular weight is 598 g/mol. The minimum absolute atomic E-state index is 0.0652. The quantitative estimate of drug-likeness (QED) is 0.366. The molecule has 5 rings (SSSR count). The number of nitrogens with one attached hydrogen (secondary N) is 2. The Labute approximate surface area is 255 Å². The van der Waals surface area contributed by atoms with Crippen LogP contribution in [0.15, 0.2) is 72.9 Å². The van der Waals surface area contributed by atoms with Gasteiger partial charge in [0.15, 0.2) is 23.1 Å². The Morgan fingerprint density at radius 3 is 2.55 bits per heavy atom. The molecule has 4 aromatic rings. The summed E-state index contributed by atoms with van der Waals surface area (Å²) in [4.78, 5) is 50.4. The van der Waals surface area contributed by atoms with Gasteiger partial charge in [0.2, 0.25) is 5.91 Å². The van der Waals surface area contributed by atoms with E-state index in [1.165, 1.54) is 18.2 Å². The third kappa shape index (κ3) is 7.02. The summed E-state index contributed by atoms with van der Waals surface area (Å²) in [6.45, 7) is 4.39. The van der Waals surface area contributed by atoms with Crippen molar-refractivity contribution in [1.29, 1.82) is 0 Å². The Hall–Kier alpha value is -5.26. The van der Waals surface area contributed by atoms with Crippen LogP contribution in [0.4, 0.5) is 0 Å². The van der Waals surface area contributed by atoms with Crippen LogP contribution in [0.1, 0.15) is 46.6 Å². The first-order valence-corrected chi connectivity index (χ1v) is 14.4. The molecule has 12 heteroatoms. The molecule has 2 bridgehead atoms. The summed E-state index contributed by atoms with van der Waals surface area (Å²) in [6.07, 6.45) is 1.52. The zero-order valence-corrected chi connectivity index (χ0v) is 24.9. The molecule has 0 spiro atoms. The summed E-state index contributed by atoms with van der Waals surface area (Å²) in [5, 5.41) is 10.7. The summed E-state index contributed by atoms with van der Waals surface area (Å²) >= 11 is 0. The van der Waals surface area contributed by atoms with Gasteiger partial charge in [0.25, 0.3) is 11.8 Å². The van der Waals surface area contributed by atoms with Crippen molar-refractivity contribution in [1.82, 2.24) is 35.3 Å². The number of hydrogen-bond donors (Lipinski definition) is 2. The fraction of sp³-hybridized carbons (Fsp3) is 0.312. The summed E-state index contributed by atoms with van der Waals surface area (Å²) in [7, 11) is 1.53. The smallest absolute Gasteiger partial charge is 0.272 e. The number of pyridine rings is 1. The van der Waals surface area contributed by atoms with E-state index in [0.717, 1.165) is 5.56 Å². The molecule has 228 valence electrons. The van der Waals surface area contributed by atoms with E-state index in [1.54, 1.807) is 41.1 Å². The van der Waals surface area contributed by atoms with Crippen molar-refractivity contribution in [2.45, 2.75) is 26.4 Å². The predicted molar refractivity (Wildman–Crippen MR) is 162 cm³/mol. The second-order valence-corrected chi connectivity index (χ2v) is 10.6. The molecule has 44 heavy (non-hydrogen) atoms. The number of amides is 3. The van der Waals surface area contributed by atoms with Gasteiger partial charge in [-0.3, -0.25) is 19.4 Å². The van der Waals surface area contributed by atoms with Gasteiger partial charge in [-0.1, -0.05) is 50.2 Å². The summed E-state index contributed by atoms with van der Waals surface area (Å²) in [5.41, 5.74) is 1.39. The first kappa shape index (κ1) is 30.2. The van der Waals surface area contributed by atoms with Crippen molar-refractivity contribution >= 4 is 17.7 Å². The molecule has 0 unspecified atom stereocenters. The van der Waals surface area contributed by atoms with E-state index in [-0.39, 0.29) is 49.7 Å². The van der Waals surface area contributed by atoms with Gasteiger partial charge in [0, 0.05) is 30.4 Å². The van der Waals surface area contributed by atoms with E-state index < -0.39 is 11.9 Å². The van der Waals surface area contributed by atoms with Crippen molar-refractivity contribution in [3.63, 3.8) is 0 Å². The molecular weight excluding hydrogens is 562 g/mol. The molecule has 2 N–H and O–H groups in total. The highest BCUT2D eigenvalue weighted by Crippen LogP contribution is 2.29. The first-order valence-electron chi connectivity index (χ1n) is 14.4. The molecular formula is C32H35N7O5. The Kier molecular flexibility index (Phi) is 9.48. The van der Waals surface area contributed by atoms with E-state index in [1.807, 2.05) is 44.2 Å². The maximum atomic E-state index is 13.5. The van der Waals surface area contributed by atoms with Crippen LogP contribution in [0.3, 0.4) is 0 Å². The van der Waals surface area contributed by atoms with Crippen molar-refractivity contribution < 1.29 is 23.9 Å². The Morgan fingerprint density at radius 2 is 1.82 bits per heavy atom. The van der Waals surface area contributed by atoms with Gasteiger partial charge >= 0.3 is 0 Å². The standard InChI is InChI=1S/C32H35N7O5/c1-21(2)28-30-36-29(22-9-5-4-6-10-22)37-39(30)17-18-44-26-19-23(12-13-25(26)43-3)31(41)34-15-16-38(20-27(40)35-28)32(42)24-11-7-8-14-33-24/h4-14,19,21,28H,15-18,20H2,1-3H3,(H,34,41)(H,35,40)/t28-/m1/s1. The topological polar surface area (TPSA) is 141 Å². The van der Waals surface area contributed by atoms with Gasteiger partial charge in [-0.05, 0) is 36.2 Å². The minimum atomic E-state index is -0.521. The highest BCUT2D eigenvalue weighted by molar-refractivity contribution is 5.96. The second-order valence-electron chi connectivity index (χ2n) is 10.6. The molecule has 3 heterocycles. The molecule has 1 atom stereocenters. The van der Waals surface area contributed by atoms with Crippen molar-refractivity contribution in [2.24, 2.45) is 5.92 Å². The third-order valence-corrected chi connectivity index (χ3v) is 7.15. The molecule has 0 fully saturated rings. The molecule has 2 aromatic heterocycles. The van der Waals surface area contributed by atoms with Gasteiger partial charge in [-0.25, -0.2) is 9.67 Å². The van der Waals surface area contributed by atoms with Gasteiger partial charge in [-0.15, -0.1) is 0 Å². The summed E-state index contributed by atoms with van der Waals surface area (Å²) in [6, 6.07) is 19.0. The van der Waals surface area contributed by atoms with E-state index in [9.17, 15) is 14.4 Å². The number of carbonyl (C=O) groups excluding carboxylic acids is 3. The monoisotopic (exact) mass is 597 g/mol. The Morgan fingerprint density at radius 1 is 1.02 bits per heavy atom. The predicted octanol–water partition coefficient (Wildman–Crippen LogP) is 3.13. The summed E-state index contributed by atoms with van der Waals surface area (Å²) in [5.74, 6) is 0.707. The van der Waals surface area contributed by atoms with Crippen LogP contribution < -0.4 is 20.1 Å². The fourth-order valence-corrected chi connectivity index (χ4v) is 4.86. The average Bonchev–Trinajstić information content (AvgIpc) is 3.46. The van der Waals surface area contributed by atoms with Gasteiger partial charge < -0.3 is 25.0 Å². The summed E-state index contributed by atoms with van der Waals surface area (Å²) < 4.78 is 13.3. The van der Waals surface area contributed by atoms with Crippen molar-refractivity contribution in [2.75, 3.05) is 33.4 Å². The van der Waals surface area contributed by atoms with E-state index in [2.05, 4.69) is 15.6 Å². The number of carbonyl (C=O) groups is 3. The van der Waals surface area contributed by atoms with Crippen molar-refractivity contribution in [3.05, 3.63) is 90.0 Å². The maximum absolute atomic E-state index is 13.5. The molecule has 1 aliphatic rings. The van der Waals surface area contributed by atoms with Crippen LogP contribution in [-0.4, -0.2) is 75.7 Å². The number of aromatic nitrogens is 4. The van der Waals surface area contributed by atoms with Crippen LogP contribution in [0.2, 0.25) is 0 Å². The van der Waals surface area contributed by atoms with Crippen LogP contribution in [0, 0.1) is 5.92 Å². The van der Waals surface area contributed by atoms with Crippen LogP contribution in [0.25, 0.3) is 11.4 Å². The fourth-order valence-electron chi connectivity index (χ4n) is 4.86. The van der Waals surface area contributed by atoms with Crippen LogP contribution >= 0.6 is 0 Å². The lowest BCUT2D eigenvalue weighted by molar-refractivity contribution is -0.123. The number of benzene rings is 2. The second kappa shape index (κ2) is 13.8. The molecule has 2 aromatic carbocycles. The molecule has 1 aliphatic heterocycles. The molecule has 0 radical (unpaired) electrons. The zero-order chi connectivity index (χ0) is 31.1. The molecule has 0 saturated carbocycles. The van der Waals surface area contributed by atoms with Crippen LogP contribution in [0.5, 0.6) is 11.5 Å². The lowest BCUT2D eigenvalue weighted by Crippen LogP contribution is -2.46. The Balaban J connectivity index is 1.53. The van der Waals surface area contributed by atoms with Gasteiger partial charge in [0.05, 0.1) is 26.2 Å². The normalized spacial score (nSPS) is 16.3. The number of nitrogens with zero attached hydrogens (tertiary/aromatic N) is 5. The van der Waals surface area contributed by atoms with Gasteiger partial charge in [0.1, 0.15) is 12.3 Å². The zero-order valence-electron chi connectivity index (χ0n) is 24.9.